The van der Waals surface area contributed by atoms with Crippen LogP contribution in [0, 0.1) is 11.3 Å². The van der Waals surface area contributed by atoms with E-state index in [0.29, 0.717) is 18.7 Å². The zero-order valence-corrected chi connectivity index (χ0v) is 12.6. The molecule has 22 heavy (non-hydrogen) atoms. The van der Waals surface area contributed by atoms with Gasteiger partial charge in [0.05, 0.1) is 17.6 Å². The number of anilines is 1. The Hall–Kier alpha value is -2.11. The molecule has 6 nitrogen and oxygen atoms in total. The minimum absolute atomic E-state index is 0.191. The topological polar surface area (TPSA) is 79.7 Å². The van der Waals surface area contributed by atoms with Crippen molar-refractivity contribution in [3.8, 4) is 0 Å². The van der Waals surface area contributed by atoms with Crippen LogP contribution in [0.25, 0.3) is 0 Å². The van der Waals surface area contributed by atoms with Gasteiger partial charge in [0, 0.05) is 19.3 Å². The number of esters is 1. The first-order chi connectivity index (χ1) is 10.6. The van der Waals surface area contributed by atoms with Gasteiger partial charge < -0.3 is 14.7 Å². The molecular weight excluding hydrogens is 284 g/mol. The fourth-order valence-electron chi connectivity index (χ4n) is 3.72. The van der Waals surface area contributed by atoms with Crippen molar-refractivity contribution < 1.29 is 19.4 Å². The fourth-order valence-corrected chi connectivity index (χ4v) is 3.72. The number of carbonyl (C=O) groups is 2. The van der Waals surface area contributed by atoms with Crippen molar-refractivity contribution in [1.82, 2.24) is 4.98 Å². The first-order valence-electron chi connectivity index (χ1n) is 7.68. The van der Waals surface area contributed by atoms with Crippen LogP contribution in [0.2, 0.25) is 0 Å². The van der Waals surface area contributed by atoms with E-state index in [0.717, 1.165) is 31.6 Å². The van der Waals surface area contributed by atoms with E-state index >= 15 is 0 Å². The third-order valence-electron chi connectivity index (χ3n) is 4.88. The average molecular weight is 304 g/mol. The maximum atomic E-state index is 11.7. The molecule has 1 aliphatic heterocycles. The number of carbonyl (C=O) groups excluding carboxylic acids is 1. The highest BCUT2D eigenvalue weighted by Crippen LogP contribution is 2.49. The minimum Gasteiger partial charge on any atom is -0.481 e. The van der Waals surface area contributed by atoms with Crippen LogP contribution in [0.1, 0.15) is 36.5 Å². The molecule has 0 spiro atoms. The number of carboxylic acids is 1. The molecule has 1 aliphatic carbocycles. The van der Waals surface area contributed by atoms with Crippen LogP contribution in [0.15, 0.2) is 18.3 Å². The Kier molecular flexibility index (Phi) is 3.76. The summed E-state index contributed by atoms with van der Waals surface area (Å²) in [5, 5.41) is 9.61. The van der Waals surface area contributed by atoms with Crippen molar-refractivity contribution in [3.05, 3.63) is 23.9 Å². The number of fused-ring (bicyclic) bond motifs is 1. The molecule has 2 fully saturated rings. The number of rotatable bonds is 4. The predicted octanol–water partition coefficient (Wildman–Crippen LogP) is 1.95. The van der Waals surface area contributed by atoms with Gasteiger partial charge in [-0.3, -0.25) is 4.79 Å². The standard InChI is InChI=1S/C16H20N2O4/c1-2-22-14(19)11-5-6-13(17-8-11)18-9-12-4-3-7-16(12,10-18)15(20)21/h5-6,8,12H,2-4,7,9-10H2,1H3,(H,20,21)/t12-,16+/m0/s1. The molecule has 3 rings (SSSR count). The molecule has 2 heterocycles. The van der Waals surface area contributed by atoms with Gasteiger partial charge in [-0.1, -0.05) is 6.42 Å². The quantitative estimate of drug-likeness (QED) is 0.856. The summed E-state index contributed by atoms with van der Waals surface area (Å²) in [7, 11) is 0. The lowest BCUT2D eigenvalue weighted by atomic mass is 9.81. The molecule has 0 bridgehead atoms. The molecule has 1 saturated heterocycles. The van der Waals surface area contributed by atoms with E-state index in [1.54, 1.807) is 19.1 Å². The van der Waals surface area contributed by atoms with Gasteiger partial charge in [-0.05, 0) is 37.8 Å². The molecule has 1 aromatic heterocycles. The number of hydrogen-bond acceptors (Lipinski definition) is 5. The van der Waals surface area contributed by atoms with Crippen molar-refractivity contribution in [3.63, 3.8) is 0 Å². The van der Waals surface area contributed by atoms with Crippen molar-refractivity contribution >= 4 is 17.8 Å². The van der Waals surface area contributed by atoms with E-state index in [-0.39, 0.29) is 11.9 Å². The fraction of sp³-hybridized carbons (Fsp3) is 0.562. The Labute approximate surface area is 129 Å². The van der Waals surface area contributed by atoms with Crippen LogP contribution in [-0.4, -0.2) is 41.7 Å². The molecule has 0 unspecified atom stereocenters. The maximum Gasteiger partial charge on any atom is 0.339 e. The van der Waals surface area contributed by atoms with E-state index in [2.05, 4.69) is 4.98 Å². The largest absolute Gasteiger partial charge is 0.481 e. The Morgan fingerprint density at radius 1 is 1.50 bits per heavy atom. The van der Waals surface area contributed by atoms with Gasteiger partial charge in [0.15, 0.2) is 0 Å². The van der Waals surface area contributed by atoms with Gasteiger partial charge in [-0.25, -0.2) is 9.78 Å². The van der Waals surface area contributed by atoms with Crippen LogP contribution < -0.4 is 4.90 Å². The Balaban J connectivity index is 1.76. The molecule has 1 saturated carbocycles. The van der Waals surface area contributed by atoms with E-state index in [1.807, 2.05) is 4.90 Å². The lowest BCUT2D eigenvalue weighted by Crippen LogP contribution is -2.35. The van der Waals surface area contributed by atoms with Gasteiger partial charge in [0.25, 0.3) is 0 Å². The highest BCUT2D eigenvalue weighted by molar-refractivity contribution is 5.89. The Morgan fingerprint density at radius 3 is 2.91 bits per heavy atom. The number of aliphatic carboxylic acids is 1. The normalized spacial score (nSPS) is 26.8. The molecule has 0 aromatic carbocycles. The second-order valence-corrected chi connectivity index (χ2v) is 6.06. The first-order valence-corrected chi connectivity index (χ1v) is 7.68. The van der Waals surface area contributed by atoms with Gasteiger partial charge in [-0.15, -0.1) is 0 Å². The molecular formula is C16H20N2O4. The summed E-state index contributed by atoms with van der Waals surface area (Å²) < 4.78 is 4.93. The summed E-state index contributed by atoms with van der Waals surface area (Å²) in [6.07, 6.45) is 4.18. The highest BCUT2D eigenvalue weighted by atomic mass is 16.5. The van der Waals surface area contributed by atoms with Gasteiger partial charge >= 0.3 is 11.9 Å². The van der Waals surface area contributed by atoms with Gasteiger partial charge in [0.1, 0.15) is 5.82 Å². The molecule has 2 atom stereocenters. The molecule has 2 aliphatic rings. The summed E-state index contributed by atoms with van der Waals surface area (Å²) in [5.41, 5.74) is -0.209. The monoisotopic (exact) mass is 304 g/mol. The lowest BCUT2D eigenvalue weighted by Gasteiger charge is -2.23. The number of carboxylic acid groups (broad SMARTS) is 1. The highest BCUT2D eigenvalue weighted by Gasteiger charge is 2.55. The molecule has 1 aromatic rings. The van der Waals surface area contributed by atoms with E-state index < -0.39 is 11.4 Å². The van der Waals surface area contributed by atoms with Gasteiger partial charge in [0.2, 0.25) is 0 Å². The number of ether oxygens (including phenoxy) is 1. The van der Waals surface area contributed by atoms with Crippen molar-refractivity contribution in [1.29, 1.82) is 0 Å². The van der Waals surface area contributed by atoms with E-state index in [9.17, 15) is 14.7 Å². The van der Waals surface area contributed by atoms with Crippen molar-refractivity contribution in [2.75, 3.05) is 24.6 Å². The number of nitrogens with zero attached hydrogens (tertiary/aromatic N) is 2. The summed E-state index contributed by atoms with van der Waals surface area (Å²) in [6.45, 7) is 3.31. The van der Waals surface area contributed by atoms with Crippen molar-refractivity contribution in [2.45, 2.75) is 26.2 Å². The van der Waals surface area contributed by atoms with Crippen LogP contribution in [0.4, 0.5) is 5.82 Å². The third kappa shape index (κ3) is 2.32. The summed E-state index contributed by atoms with van der Waals surface area (Å²) >= 11 is 0. The molecule has 6 heteroatoms. The molecule has 0 amide bonds. The van der Waals surface area contributed by atoms with Crippen LogP contribution >= 0.6 is 0 Å². The second kappa shape index (κ2) is 5.59. The Morgan fingerprint density at radius 2 is 2.32 bits per heavy atom. The third-order valence-corrected chi connectivity index (χ3v) is 4.88. The number of hydrogen-bond donors (Lipinski definition) is 1. The summed E-state index contributed by atoms with van der Waals surface area (Å²) in [4.78, 5) is 29.6. The average Bonchev–Trinajstić information content (AvgIpc) is 3.05. The smallest absolute Gasteiger partial charge is 0.339 e. The number of aromatic nitrogens is 1. The summed E-state index contributed by atoms with van der Waals surface area (Å²) in [6, 6.07) is 3.45. The van der Waals surface area contributed by atoms with Crippen LogP contribution in [-0.2, 0) is 9.53 Å². The SMILES string of the molecule is CCOC(=O)c1ccc(N2C[C@@H]3CCC[C@@]3(C(=O)O)C2)nc1. The molecule has 1 N–H and O–H groups in total. The Bertz CT molecular complexity index is 586. The van der Waals surface area contributed by atoms with E-state index in [1.165, 1.54) is 6.20 Å². The molecule has 118 valence electrons. The predicted molar refractivity (Wildman–Crippen MR) is 79.8 cm³/mol. The van der Waals surface area contributed by atoms with Gasteiger partial charge in [-0.2, -0.15) is 0 Å². The number of pyridine rings is 1. The van der Waals surface area contributed by atoms with Crippen LogP contribution in [0.5, 0.6) is 0 Å². The second-order valence-electron chi connectivity index (χ2n) is 6.06. The zero-order valence-electron chi connectivity index (χ0n) is 12.6. The van der Waals surface area contributed by atoms with Crippen molar-refractivity contribution in [2.24, 2.45) is 11.3 Å². The first kappa shape index (κ1) is 14.8. The zero-order chi connectivity index (χ0) is 15.7. The summed E-state index contributed by atoms with van der Waals surface area (Å²) in [5.74, 6) is -0.165. The van der Waals surface area contributed by atoms with Crippen LogP contribution in [0.3, 0.4) is 0 Å². The maximum absolute atomic E-state index is 11.7. The molecule has 0 radical (unpaired) electrons. The lowest BCUT2D eigenvalue weighted by molar-refractivity contribution is -0.149. The minimum atomic E-state index is -0.694. The van der Waals surface area contributed by atoms with E-state index in [4.69, 9.17) is 4.74 Å².